The molecule has 1 aromatic heterocycles. The smallest absolute Gasteiger partial charge is 0.302 e. The number of carbonyl (C=O) groups is 1. The second kappa shape index (κ2) is 9.78. The summed E-state index contributed by atoms with van der Waals surface area (Å²) < 4.78 is 64.5. The highest BCUT2D eigenvalue weighted by Gasteiger charge is 2.32. The zero-order valence-electron chi connectivity index (χ0n) is 18.4. The molecule has 0 saturated heterocycles. The van der Waals surface area contributed by atoms with E-state index in [1.807, 2.05) is 13.8 Å². The van der Waals surface area contributed by atoms with Crippen molar-refractivity contribution < 1.29 is 26.4 Å². The van der Waals surface area contributed by atoms with Gasteiger partial charge < -0.3 is 4.90 Å². The van der Waals surface area contributed by atoms with Crippen molar-refractivity contribution >= 4 is 42.4 Å². The zero-order valence-corrected chi connectivity index (χ0v) is 20.0. The molecule has 0 aliphatic rings. The third-order valence-electron chi connectivity index (χ3n) is 5.22. The summed E-state index contributed by atoms with van der Waals surface area (Å²) in [7, 11) is -3.56. The molecule has 0 radical (unpaired) electrons. The predicted molar refractivity (Wildman–Crippen MR) is 124 cm³/mol. The molecule has 0 N–H and O–H groups in total. The summed E-state index contributed by atoms with van der Waals surface area (Å²) in [5.74, 6) is -0.631. The molecular formula is C22H24F3N3O3S2. The van der Waals surface area contributed by atoms with E-state index in [1.54, 1.807) is 12.1 Å². The number of nitrogens with zero attached hydrogens (tertiary/aromatic N) is 3. The Kier molecular flexibility index (Phi) is 7.45. The van der Waals surface area contributed by atoms with Gasteiger partial charge in [0, 0.05) is 24.9 Å². The topological polar surface area (TPSA) is 70.6 Å². The SMILES string of the molecule is CCN(CC)CCN(C(=O)c1cccc(C(F)(F)F)c1)c1nc2c(S(C)(=O)=O)cccc2s1. The Morgan fingerprint density at radius 1 is 1.06 bits per heavy atom. The van der Waals surface area contributed by atoms with Gasteiger partial charge in [0.25, 0.3) is 5.91 Å². The number of hydrogen-bond donors (Lipinski definition) is 0. The van der Waals surface area contributed by atoms with E-state index < -0.39 is 27.5 Å². The highest BCUT2D eigenvalue weighted by Crippen LogP contribution is 2.34. The lowest BCUT2D eigenvalue weighted by Gasteiger charge is -2.25. The number of amides is 1. The third kappa shape index (κ3) is 5.71. The van der Waals surface area contributed by atoms with Gasteiger partial charge in [-0.1, -0.05) is 37.3 Å². The van der Waals surface area contributed by atoms with Crippen LogP contribution in [-0.4, -0.2) is 56.6 Å². The largest absolute Gasteiger partial charge is 0.416 e. The summed E-state index contributed by atoms with van der Waals surface area (Å²) in [6.07, 6.45) is -3.50. The number of hydrogen-bond acceptors (Lipinski definition) is 6. The van der Waals surface area contributed by atoms with E-state index in [2.05, 4.69) is 9.88 Å². The van der Waals surface area contributed by atoms with E-state index in [4.69, 9.17) is 0 Å². The van der Waals surface area contributed by atoms with Crippen LogP contribution in [-0.2, 0) is 16.0 Å². The van der Waals surface area contributed by atoms with Crippen molar-refractivity contribution in [1.82, 2.24) is 9.88 Å². The molecule has 178 valence electrons. The third-order valence-corrected chi connectivity index (χ3v) is 7.39. The second-order valence-electron chi connectivity index (χ2n) is 7.43. The number of benzene rings is 2. The molecule has 0 bridgehead atoms. The van der Waals surface area contributed by atoms with E-state index in [9.17, 15) is 26.4 Å². The Balaban J connectivity index is 2.08. The number of para-hydroxylation sites is 1. The second-order valence-corrected chi connectivity index (χ2v) is 10.4. The Morgan fingerprint density at radius 3 is 2.33 bits per heavy atom. The van der Waals surface area contributed by atoms with Gasteiger partial charge in [0.1, 0.15) is 5.52 Å². The molecule has 0 unspecified atom stereocenters. The molecule has 0 fully saturated rings. The number of fused-ring (bicyclic) bond motifs is 1. The molecule has 1 amide bonds. The monoisotopic (exact) mass is 499 g/mol. The lowest BCUT2D eigenvalue weighted by molar-refractivity contribution is -0.137. The maximum absolute atomic E-state index is 13.4. The van der Waals surface area contributed by atoms with Crippen LogP contribution in [0.4, 0.5) is 18.3 Å². The van der Waals surface area contributed by atoms with Crippen LogP contribution >= 0.6 is 11.3 Å². The van der Waals surface area contributed by atoms with E-state index in [1.165, 1.54) is 23.1 Å². The molecule has 0 spiro atoms. The van der Waals surface area contributed by atoms with Crippen molar-refractivity contribution in [3.63, 3.8) is 0 Å². The molecule has 3 rings (SSSR count). The molecule has 0 aliphatic carbocycles. The van der Waals surface area contributed by atoms with Crippen LogP contribution in [0, 0.1) is 0 Å². The standard InChI is InChI=1S/C22H24F3N3O3S2/c1-4-27(5-2)12-13-28(20(29)15-8-6-9-16(14-15)22(23,24)25)21-26-19-17(32-21)10-7-11-18(19)33(3,30)31/h6-11,14H,4-5,12-13H2,1-3H3. The molecule has 0 saturated carbocycles. The molecule has 1 heterocycles. The number of halogens is 3. The molecular weight excluding hydrogens is 475 g/mol. The molecule has 0 atom stereocenters. The fourth-order valence-electron chi connectivity index (χ4n) is 3.38. The van der Waals surface area contributed by atoms with Crippen molar-refractivity contribution in [3.05, 3.63) is 53.6 Å². The maximum atomic E-state index is 13.4. The van der Waals surface area contributed by atoms with Gasteiger partial charge in [-0.15, -0.1) is 0 Å². The van der Waals surface area contributed by atoms with E-state index in [-0.39, 0.29) is 27.7 Å². The molecule has 33 heavy (non-hydrogen) atoms. The first-order chi connectivity index (χ1) is 15.5. The van der Waals surface area contributed by atoms with Gasteiger partial charge in [-0.2, -0.15) is 13.2 Å². The molecule has 3 aromatic rings. The summed E-state index contributed by atoms with van der Waals surface area (Å²) >= 11 is 1.12. The lowest BCUT2D eigenvalue weighted by Crippen LogP contribution is -2.39. The van der Waals surface area contributed by atoms with Gasteiger partial charge in [-0.05, 0) is 43.4 Å². The minimum atomic E-state index is -4.58. The average Bonchev–Trinajstić information content (AvgIpc) is 3.19. The predicted octanol–water partition coefficient (Wildman–Crippen LogP) is 4.71. The van der Waals surface area contributed by atoms with Crippen molar-refractivity contribution in [1.29, 1.82) is 0 Å². The number of carbonyl (C=O) groups excluding carboxylic acids is 1. The van der Waals surface area contributed by atoms with Gasteiger partial charge >= 0.3 is 6.18 Å². The Bertz CT molecular complexity index is 1250. The highest BCUT2D eigenvalue weighted by atomic mass is 32.2. The Morgan fingerprint density at radius 2 is 1.73 bits per heavy atom. The summed E-state index contributed by atoms with van der Waals surface area (Å²) in [6, 6.07) is 8.99. The molecule has 11 heteroatoms. The van der Waals surface area contributed by atoms with E-state index in [0.29, 0.717) is 11.2 Å². The summed E-state index contributed by atoms with van der Waals surface area (Å²) in [5.41, 5.74) is -0.794. The van der Waals surface area contributed by atoms with Crippen LogP contribution in [0.5, 0.6) is 0 Å². The summed E-state index contributed by atoms with van der Waals surface area (Å²) in [4.78, 5) is 21.2. The number of sulfone groups is 1. The number of thiazole rings is 1. The van der Waals surface area contributed by atoms with Crippen LogP contribution in [0.2, 0.25) is 0 Å². The first-order valence-corrected chi connectivity index (χ1v) is 13.0. The number of likely N-dealkylation sites (N-methyl/N-ethyl adjacent to an activating group) is 1. The van der Waals surface area contributed by atoms with Gasteiger partial charge in [0.05, 0.1) is 15.2 Å². The normalized spacial score (nSPS) is 12.5. The van der Waals surface area contributed by atoms with Crippen molar-refractivity contribution in [3.8, 4) is 0 Å². The van der Waals surface area contributed by atoms with Crippen LogP contribution in [0.25, 0.3) is 10.2 Å². The van der Waals surface area contributed by atoms with Crippen LogP contribution in [0.15, 0.2) is 47.4 Å². The minimum Gasteiger partial charge on any atom is -0.302 e. The quantitative estimate of drug-likeness (QED) is 0.449. The number of rotatable bonds is 8. The van der Waals surface area contributed by atoms with Crippen molar-refractivity contribution in [2.45, 2.75) is 24.9 Å². The fourth-order valence-corrected chi connectivity index (χ4v) is 5.29. The molecule has 2 aromatic carbocycles. The average molecular weight is 500 g/mol. The summed E-state index contributed by atoms with van der Waals surface area (Å²) in [6.45, 7) is 6.08. The first kappa shape index (κ1) is 25.1. The van der Waals surface area contributed by atoms with Crippen LogP contribution in [0.1, 0.15) is 29.8 Å². The van der Waals surface area contributed by atoms with Crippen molar-refractivity contribution in [2.24, 2.45) is 0 Å². The first-order valence-electron chi connectivity index (χ1n) is 10.3. The van der Waals surface area contributed by atoms with E-state index >= 15 is 0 Å². The maximum Gasteiger partial charge on any atom is 0.416 e. The minimum absolute atomic E-state index is 0.0395. The van der Waals surface area contributed by atoms with E-state index in [0.717, 1.165) is 42.8 Å². The molecule has 0 aliphatic heterocycles. The molecule has 6 nitrogen and oxygen atoms in total. The van der Waals surface area contributed by atoms with Gasteiger partial charge in [0.2, 0.25) is 0 Å². The lowest BCUT2D eigenvalue weighted by atomic mass is 10.1. The van der Waals surface area contributed by atoms with Crippen LogP contribution in [0.3, 0.4) is 0 Å². The number of alkyl halides is 3. The summed E-state index contributed by atoms with van der Waals surface area (Å²) in [5, 5.41) is 0.232. The number of aromatic nitrogens is 1. The number of anilines is 1. The highest BCUT2D eigenvalue weighted by molar-refractivity contribution is 7.91. The van der Waals surface area contributed by atoms with Crippen LogP contribution < -0.4 is 4.90 Å². The van der Waals surface area contributed by atoms with Crippen molar-refractivity contribution in [2.75, 3.05) is 37.3 Å². The Labute approximate surface area is 194 Å². The van der Waals surface area contributed by atoms with Gasteiger partial charge in [-0.3, -0.25) is 9.69 Å². The van der Waals surface area contributed by atoms with Gasteiger partial charge in [-0.25, -0.2) is 13.4 Å². The fraction of sp³-hybridized carbons (Fsp3) is 0.364. The Hall–Kier alpha value is -2.50. The van der Waals surface area contributed by atoms with Gasteiger partial charge in [0.15, 0.2) is 15.0 Å². The zero-order chi connectivity index (χ0) is 24.4.